The molecule has 0 bridgehead atoms. The molecule has 0 saturated heterocycles. The molecule has 0 aromatic heterocycles. The lowest BCUT2D eigenvalue weighted by atomic mass is 10.0. The van der Waals surface area contributed by atoms with E-state index in [1.54, 1.807) is 0 Å². The molecule has 0 radical (unpaired) electrons. The Hall–Kier alpha value is -1.94. The number of rotatable bonds is 88. The van der Waals surface area contributed by atoms with E-state index < -0.39 is 97.5 Å². The van der Waals surface area contributed by atoms with Gasteiger partial charge in [0.1, 0.15) is 19.3 Å². The first-order valence-electron chi connectivity index (χ1n) is 45.6. The molecule has 0 aromatic carbocycles. The Labute approximate surface area is 658 Å². The fraction of sp³-hybridized carbons (Fsp3) is 0.955. The molecule has 19 heteroatoms. The van der Waals surface area contributed by atoms with Gasteiger partial charge in [-0.05, 0) is 31.6 Å². The van der Waals surface area contributed by atoms with Crippen LogP contribution in [-0.4, -0.2) is 96.7 Å². The summed E-state index contributed by atoms with van der Waals surface area (Å²) in [6.45, 7) is 7.41. The molecule has 2 unspecified atom stereocenters. The minimum atomic E-state index is -4.97. The number of hydrogen-bond donors (Lipinski definition) is 3. The van der Waals surface area contributed by atoms with E-state index in [2.05, 4.69) is 34.6 Å². The molecule has 17 nitrogen and oxygen atoms in total. The van der Waals surface area contributed by atoms with Gasteiger partial charge in [-0.3, -0.25) is 37.3 Å². The van der Waals surface area contributed by atoms with E-state index in [9.17, 15) is 43.2 Å². The zero-order valence-electron chi connectivity index (χ0n) is 70.3. The van der Waals surface area contributed by atoms with Crippen LogP contribution < -0.4 is 0 Å². The number of aliphatic hydroxyl groups excluding tert-OH is 1. The van der Waals surface area contributed by atoms with E-state index in [1.165, 1.54) is 302 Å². The van der Waals surface area contributed by atoms with Gasteiger partial charge in [0.15, 0.2) is 12.2 Å². The maximum Gasteiger partial charge on any atom is 0.472 e. The number of phosphoric acid groups is 2. The van der Waals surface area contributed by atoms with Crippen molar-refractivity contribution in [3.05, 3.63) is 0 Å². The fourth-order valence-electron chi connectivity index (χ4n) is 13.8. The van der Waals surface area contributed by atoms with Crippen molar-refractivity contribution in [2.75, 3.05) is 39.6 Å². The first-order chi connectivity index (χ1) is 52.0. The molecule has 5 atom stereocenters. The molecular weight excluding hydrogens is 1390 g/mol. The van der Waals surface area contributed by atoms with Gasteiger partial charge in [0, 0.05) is 25.7 Å². The quantitative estimate of drug-likeness (QED) is 0.0222. The third-order valence-corrected chi connectivity index (χ3v) is 22.7. The van der Waals surface area contributed by atoms with E-state index in [1.807, 2.05) is 0 Å². The molecule has 0 aliphatic heterocycles. The van der Waals surface area contributed by atoms with Gasteiger partial charge in [0.05, 0.1) is 26.4 Å². The van der Waals surface area contributed by atoms with Crippen LogP contribution in [0.5, 0.6) is 0 Å². The van der Waals surface area contributed by atoms with Crippen molar-refractivity contribution in [1.29, 1.82) is 0 Å². The smallest absolute Gasteiger partial charge is 0.462 e. The highest BCUT2D eigenvalue weighted by atomic mass is 31.2. The summed E-state index contributed by atoms with van der Waals surface area (Å²) in [6, 6.07) is 0. The highest BCUT2D eigenvalue weighted by Crippen LogP contribution is 2.45. The predicted octanol–water partition coefficient (Wildman–Crippen LogP) is 27.2. The minimum absolute atomic E-state index is 0.109. The second-order valence-electron chi connectivity index (χ2n) is 32.1. The summed E-state index contributed by atoms with van der Waals surface area (Å²) >= 11 is 0. The van der Waals surface area contributed by atoms with E-state index in [4.69, 9.17) is 37.0 Å². The van der Waals surface area contributed by atoms with Crippen LogP contribution in [0.15, 0.2) is 0 Å². The zero-order chi connectivity index (χ0) is 78.3. The molecule has 636 valence electrons. The van der Waals surface area contributed by atoms with E-state index in [0.717, 1.165) is 95.8 Å². The van der Waals surface area contributed by atoms with Gasteiger partial charge in [0.2, 0.25) is 0 Å². The van der Waals surface area contributed by atoms with E-state index >= 15 is 0 Å². The Balaban J connectivity index is 5.23. The lowest BCUT2D eigenvalue weighted by molar-refractivity contribution is -0.161. The normalized spacial score (nSPS) is 13.7. The van der Waals surface area contributed by atoms with Crippen LogP contribution in [-0.2, 0) is 65.4 Å². The molecule has 0 heterocycles. The van der Waals surface area contributed by atoms with Gasteiger partial charge in [0.25, 0.3) is 0 Å². The molecule has 0 aromatic rings. The average molecular weight is 1560 g/mol. The van der Waals surface area contributed by atoms with Gasteiger partial charge < -0.3 is 33.8 Å². The summed E-state index contributed by atoms with van der Waals surface area (Å²) in [6.07, 6.45) is 75.0. The highest BCUT2D eigenvalue weighted by Gasteiger charge is 2.30. The number of phosphoric ester groups is 2. The topological polar surface area (TPSA) is 237 Å². The largest absolute Gasteiger partial charge is 0.472 e. The summed E-state index contributed by atoms with van der Waals surface area (Å²) in [5.74, 6) is -1.28. The predicted molar refractivity (Wildman–Crippen MR) is 442 cm³/mol. The van der Waals surface area contributed by atoms with Gasteiger partial charge >= 0.3 is 39.5 Å². The number of esters is 4. The highest BCUT2D eigenvalue weighted by molar-refractivity contribution is 7.47. The number of carbonyl (C=O) groups excluding carboxylic acids is 4. The van der Waals surface area contributed by atoms with Crippen LogP contribution in [0.4, 0.5) is 0 Å². The lowest BCUT2D eigenvalue weighted by Crippen LogP contribution is -2.30. The molecule has 0 spiro atoms. The van der Waals surface area contributed by atoms with Crippen molar-refractivity contribution < 1.29 is 80.2 Å². The van der Waals surface area contributed by atoms with Crippen LogP contribution in [0.25, 0.3) is 0 Å². The SMILES string of the molecule is CCCCCCCCCCCCCCCCCCCCCCCCC(=O)O[C@H](COC(=O)CCCCCCCCCCCCCCCCCCC(C)C)COP(=O)(O)OC[C@@H](O)COP(=O)(O)OC[C@@H](COC(=O)CCCCCCCCCCCCCCC)OC(=O)CCCCCCCCCCCCCCC. The Bertz CT molecular complexity index is 2030. The second-order valence-corrected chi connectivity index (χ2v) is 35.0. The lowest BCUT2D eigenvalue weighted by Gasteiger charge is -2.21. The number of aliphatic hydroxyl groups is 1. The van der Waals surface area contributed by atoms with Crippen LogP contribution in [0, 0.1) is 5.92 Å². The third kappa shape index (κ3) is 81.9. The third-order valence-electron chi connectivity index (χ3n) is 20.8. The van der Waals surface area contributed by atoms with Crippen molar-refractivity contribution in [2.24, 2.45) is 5.92 Å². The minimum Gasteiger partial charge on any atom is -0.462 e. The standard InChI is InChI=1S/C88H172O17P2/c1-6-9-12-15-18-21-24-27-28-29-30-31-32-33-34-39-44-49-54-59-64-69-74-88(93)105-84(78-99-86(91)72-67-62-57-52-47-43-38-36-35-37-42-45-50-55-60-65-70-81(4)5)80-103-107(96,97)101-76-82(89)75-100-106(94,95)102-79-83(104-87(92)73-68-63-58-53-48-41-26-23-20-17-14-11-8-3)77-98-85(90)71-66-61-56-51-46-40-25-22-19-16-13-10-7-2/h81-84,89H,6-80H2,1-5H3,(H,94,95)(H,96,97)/t82-,83+,84+/m0/s1. The summed E-state index contributed by atoms with van der Waals surface area (Å²) in [5, 5.41) is 10.7. The van der Waals surface area contributed by atoms with Crippen LogP contribution in [0.3, 0.4) is 0 Å². The number of unbranched alkanes of at least 4 members (excludes halogenated alkanes) is 60. The van der Waals surface area contributed by atoms with Crippen molar-refractivity contribution >= 4 is 39.5 Å². The maximum absolute atomic E-state index is 13.2. The van der Waals surface area contributed by atoms with Crippen LogP contribution in [0.2, 0.25) is 0 Å². The zero-order valence-corrected chi connectivity index (χ0v) is 72.1. The monoisotopic (exact) mass is 1560 g/mol. The van der Waals surface area contributed by atoms with Gasteiger partial charge in [-0.15, -0.1) is 0 Å². The Morgan fingerprint density at radius 3 is 0.636 bits per heavy atom. The van der Waals surface area contributed by atoms with Crippen molar-refractivity contribution in [2.45, 2.75) is 496 Å². The molecular formula is C88H172O17P2. The number of ether oxygens (including phenoxy) is 4. The van der Waals surface area contributed by atoms with Gasteiger partial charge in [-0.1, -0.05) is 426 Å². The van der Waals surface area contributed by atoms with E-state index in [0.29, 0.717) is 25.7 Å². The molecule has 0 aliphatic rings. The average Bonchev–Trinajstić information content (AvgIpc) is 0.908. The molecule has 0 amide bonds. The summed E-state index contributed by atoms with van der Waals surface area (Å²) < 4.78 is 69.0. The van der Waals surface area contributed by atoms with Gasteiger partial charge in [-0.2, -0.15) is 0 Å². The van der Waals surface area contributed by atoms with Crippen molar-refractivity contribution in [1.82, 2.24) is 0 Å². The summed E-state index contributed by atoms with van der Waals surface area (Å²) in [5.41, 5.74) is 0. The fourth-order valence-corrected chi connectivity index (χ4v) is 15.4. The molecule has 107 heavy (non-hydrogen) atoms. The Kier molecular flexibility index (Phi) is 79.2. The number of hydrogen-bond acceptors (Lipinski definition) is 15. The first kappa shape index (κ1) is 105. The Morgan fingerprint density at radius 1 is 0.252 bits per heavy atom. The molecule has 0 aliphatic carbocycles. The summed E-state index contributed by atoms with van der Waals surface area (Å²) in [7, 11) is -9.93. The number of carbonyl (C=O) groups is 4. The van der Waals surface area contributed by atoms with Crippen molar-refractivity contribution in [3.8, 4) is 0 Å². The maximum atomic E-state index is 13.2. The van der Waals surface area contributed by atoms with Crippen molar-refractivity contribution in [3.63, 3.8) is 0 Å². The second kappa shape index (κ2) is 80.7. The Morgan fingerprint density at radius 2 is 0.430 bits per heavy atom. The van der Waals surface area contributed by atoms with Crippen LogP contribution >= 0.6 is 15.6 Å². The van der Waals surface area contributed by atoms with Gasteiger partial charge in [-0.25, -0.2) is 9.13 Å². The molecule has 0 rings (SSSR count). The van der Waals surface area contributed by atoms with E-state index in [-0.39, 0.29) is 25.7 Å². The molecule has 3 N–H and O–H groups in total. The first-order valence-corrected chi connectivity index (χ1v) is 48.6. The molecule has 0 fully saturated rings. The van der Waals surface area contributed by atoms with Crippen LogP contribution in [0.1, 0.15) is 478 Å². The molecule has 0 saturated carbocycles. The summed E-state index contributed by atoms with van der Waals surface area (Å²) in [4.78, 5) is 73.3.